The van der Waals surface area contributed by atoms with Crippen LogP contribution in [0.4, 0.5) is 0 Å². The molecule has 0 aliphatic rings. The van der Waals surface area contributed by atoms with Gasteiger partial charge in [-0.1, -0.05) is 19.9 Å². The molecule has 3 nitrogen and oxygen atoms in total. The van der Waals surface area contributed by atoms with Crippen LogP contribution in [0.3, 0.4) is 0 Å². The lowest BCUT2D eigenvalue weighted by atomic mass is 10.2. The molecule has 0 aliphatic heterocycles. The minimum atomic E-state index is -2.96. The molecule has 17 heavy (non-hydrogen) atoms. The zero-order valence-corrected chi connectivity index (χ0v) is 12.3. The van der Waals surface area contributed by atoms with Crippen LogP contribution in [0.2, 0.25) is 0 Å². The molecule has 1 aromatic rings. The highest BCUT2D eigenvalue weighted by Gasteiger charge is 2.22. The Morgan fingerprint density at radius 3 is 2.59 bits per heavy atom. The molecule has 98 valence electrons. The molecule has 1 heterocycles. The standard InChI is InChI=1S/C12H21NO2S2/c1-10(2)11(3)17(14,15)8-6-13-9-12-5-4-7-16-12/h4-5,7,10-11,13H,6,8-9H2,1-3H3. The van der Waals surface area contributed by atoms with Gasteiger partial charge in [0.05, 0.1) is 11.0 Å². The van der Waals surface area contributed by atoms with Crippen molar-refractivity contribution in [3.05, 3.63) is 22.4 Å². The van der Waals surface area contributed by atoms with Gasteiger partial charge in [-0.3, -0.25) is 0 Å². The second-order valence-electron chi connectivity index (χ2n) is 4.57. The van der Waals surface area contributed by atoms with Crippen molar-refractivity contribution < 1.29 is 8.42 Å². The van der Waals surface area contributed by atoms with Gasteiger partial charge in [0.1, 0.15) is 0 Å². The smallest absolute Gasteiger partial charge is 0.154 e. The second-order valence-corrected chi connectivity index (χ2v) is 8.08. The van der Waals surface area contributed by atoms with E-state index in [2.05, 4.69) is 5.32 Å². The van der Waals surface area contributed by atoms with Gasteiger partial charge < -0.3 is 5.32 Å². The van der Waals surface area contributed by atoms with E-state index in [1.165, 1.54) is 4.88 Å². The Morgan fingerprint density at radius 1 is 1.35 bits per heavy atom. The molecular formula is C12H21NO2S2. The van der Waals surface area contributed by atoms with Crippen molar-refractivity contribution in [2.24, 2.45) is 5.92 Å². The third-order valence-corrected chi connectivity index (χ3v) is 6.27. The molecule has 1 rings (SSSR count). The fourth-order valence-electron chi connectivity index (χ4n) is 1.44. The molecule has 0 spiro atoms. The Hall–Kier alpha value is -0.390. The highest BCUT2D eigenvalue weighted by molar-refractivity contribution is 7.92. The number of nitrogens with one attached hydrogen (secondary N) is 1. The van der Waals surface area contributed by atoms with Gasteiger partial charge in [0.15, 0.2) is 9.84 Å². The molecule has 1 aromatic heterocycles. The van der Waals surface area contributed by atoms with Gasteiger partial charge in [-0.05, 0) is 24.3 Å². The molecule has 1 atom stereocenters. The van der Waals surface area contributed by atoms with Gasteiger partial charge in [0.25, 0.3) is 0 Å². The van der Waals surface area contributed by atoms with Gasteiger partial charge in [0.2, 0.25) is 0 Å². The van der Waals surface area contributed by atoms with Crippen LogP contribution in [0, 0.1) is 5.92 Å². The van der Waals surface area contributed by atoms with Crippen LogP contribution in [-0.4, -0.2) is 26.0 Å². The van der Waals surface area contributed by atoms with Crippen LogP contribution >= 0.6 is 11.3 Å². The van der Waals surface area contributed by atoms with Crippen LogP contribution in [0.25, 0.3) is 0 Å². The van der Waals surface area contributed by atoms with Gasteiger partial charge in [-0.25, -0.2) is 8.42 Å². The van der Waals surface area contributed by atoms with Crippen molar-refractivity contribution in [1.29, 1.82) is 0 Å². The van der Waals surface area contributed by atoms with Crippen molar-refractivity contribution in [2.75, 3.05) is 12.3 Å². The summed E-state index contributed by atoms with van der Waals surface area (Å²) in [5.41, 5.74) is 0. The summed E-state index contributed by atoms with van der Waals surface area (Å²) in [5.74, 6) is 0.398. The van der Waals surface area contributed by atoms with E-state index in [-0.39, 0.29) is 16.9 Å². The molecule has 1 N–H and O–H groups in total. The quantitative estimate of drug-likeness (QED) is 0.777. The van der Waals surface area contributed by atoms with E-state index >= 15 is 0 Å². The van der Waals surface area contributed by atoms with Crippen molar-refractivity contribution in [3.63, 3.8) is 0 Å². The molecule has 0 aromatic carbocycles. The monoisotopic (exact) mass is 275 g/mol. The first-order chi connectivity index (χ1) is 7.93. The Morgan fingerprint density at radius 2 is 2.06 bits per heavy atom. The molecule has 0 saturated heterocycles. The summed E-state index contributed by atoms with van der Waals surface area (Å²) in [4.78, 5) is 1.24. The lowest BCUT2D eigenvalue weighted by molar-refractivity contribution is 0.543. The number of hydrogen-bond donors (Lipinski definition) is 1. The Bertz CT molecular complexity index is 410. The SMILES string of the molecule is CC(C)C(C)S(=O)(=O)CCNCc1cccs1. The molecule has 0 saturated carbocycles. The van der Waals surface area contributed by atoms with Crippen LogP contribution in [-0.2, 0) is 16.4 Å². The highest BCUT2D eigenvalue weighted by atomic mass is 32.2. The van der Waals surface area contributed by atoms with E-state index in [9.17, 15) is 8.42 Å². The minimum Gasteiger partial charge on any atom is -0.311 e. The Kier molecular flexibility index (Phi) is 5.62. The average Bonchev–Trinajstić information content (AvgIpc) is 2.76. The van der Waals surface area contributed by atoms with E-state index in [0.29, 0.717) is 6.54 Å². The number of hydrogen-bond acceptors (Lipinski definition) is 4. The first-order valence-electron chi connectivity index (χ1n) is 5.88. The fourth-order valence-corrected chi connectivity index (χ4v) is 3.74. The fraction of sp³-hybridized carbons (Fsp3) is 0.667. The number of sulfone groups is 1. The van der Waals surface area contributed by atoms with E-state index < -0.39 is 9.84 Å². The third kappa shape index (κ3) is 4.77. The number of thiophene rings is 1. The molecule has 5 heteroatoms. The highest BCUT2D eigenvalue weighted by Crippen LogP contribution is 2.12. The molecule has 0 bridgehead atoms. The molecular weight excluding hydrogens is 254 g/mol. The molecule has 0 radical (unpaired) electrons. The molecule has 0 fully saturated rings. The molecule has 0 amide bonds. The van der Waals surface area contributed by atoms with Crippen molar-refractivity contribution in [2.45, 2.75) is 32.6 Å². The zero-order chi connectivity index (χ0) is 12.9. The Labute approximate surface area is 108 Å². The van der Waals surface area contributed by atoms with E-state index in [4.69, 9.17) is 0 Å². The summed E-state index contributed by atoms with van der Waals surface area (Å²) in [6.07, 6.45) is 0. The summed E-state index contributed by atoms with van der Waals surface area (Å²) < 4.78 is 23.8. The largest absolute Gasteiger partial charge is 0.311 e. The predicted molar refractivity (Wildman–Crippen MR) is 74.1 cm³/mol. The Balaban J connectivity index is 2.31. The van der Waals surface area contributed by atoms with Crippen molar-refractivity contribution in [3.8, 4) is 0 Å². The first-order valence-corrected chi connectivity index (χ1v) is 8.47. The van der Waals surface area contributed by atoms with Crippen LogP contribution in [0.5, 0.6) is 0 Å². The summed E-state index contributed by atoms with van der Waals surface area (Å²) in [6.45, 7) is 6.96. The van der Waals surface area contributed by atoms with Gasteiger partial charge in [-0.2, -0.15) is 0 Å². The average molecular weight is 275 g/mol. The van der Waals surface area contributed by atoms with E-state index in [0.717, 1.165) is 6.54 Å². The lowest BCUT2D eigenvalue weighted by Gasteiger charge is -2.16. The zero-order valence-electron chi connectivity index (χ0n) is 10.6. The summed E-state index contributed by atoms with van der Waals surface area (Å²) >= 11 is 1.68. The summed E-state index contributed by atoms with van der Waals surface area (Å²) in [7, 11) is -2.96. The van der Waals surface area contributed by atoms with Crippen LogP contribution in [0.15, 0.2) is 17.5 Å². The first kappa shape index (κ1) is 14.7. The van der Waals surface area contributed by atoms with Crippen LogP contribution in [0.1, 0.15) is 25.6 Å². The second kappa shape index (κ2) is 6.52. The molecule has 0 aliphatic carbocycles. The number of rotatable bonds is 7. The van der Waals surface area contributed by atoms with Gasteiger partial charge >= 0.3 is 0 Å². The topological polar surface area (TPSA) is 46.2 Å². The maximum Gasteiger partial charge on any atom is 0.154 e. The van der Waals surface area contributed by atoms with Gasteiger partial charge in [-0.15, -0.1) is 11.3 Å². The normalized spacial score (nSPS) is 14.1. The predicted octanol–water partition coefficient (Wildman–Crippen LogP) is 2.30. The molecule has 1 unspecified atom stereocenters. The van der Waals surface area contributed by atoms with E-state index in [1.807, 2.05) is 31.4 Å². The van der Waals surface area contributed by atoms with Crippen molar-refractivity contribution >= 4 is 21.2 Å². The lowest BCUT2D eigenvalue weighted by Crippen LogP contribution is -2.31. The van der Waals surface area contributed by atoms with Crippen molar-refractivity contribution in [1.82, 2.24) is 5.32 Å². The maximum absolute atomic E-state index is 11.9. The third-order valence-electron chi connectivity index (χ3n) is 2.95. The minimum absolute atomic E-state index is 0.178. The van der Waals surface area contributed by atoms with Gasteiger partial charge in [0, 0.05) is 18.0 Å². The summed E-state index contributed by atoms with van der Waals surface area (Å²) in [6, 6.07) is 4.04. The summed E-state index contributed by atoms with van der Waals surface area (Å²) in [5, 5.41) is 4.93. The maximum atomic E-state index is 11.9. The van der Waals surface area contributed by atoms with Crippen LogP contribution < -0.4 is 5.32 Å². The van der Waals surface area contributed by atoms with E-state index in [1.54, 1.807) is 18.3 Å².